The average molecular weight is 441 g/mol. The van der Waals surface area contributed by atoms with Crippen molar-refractivity contribution in [2.24, 2.45) is 0 Å². The molecule has 0 amide bonds. The predicted molar refractivity (Wildman–Crippen MR) is 125 cm³/mol. The number of rotatable bonds is 7. The van der Waals surface area contributed by atoms with E-state index in [0.717, 1.165) is 26.8 Å². The van der Waals surface area contributed by atoms with E-state index in [9.17, 15) is 14.7 Å². The first-order chi connectivity index (χ1) is 14.1. The van der Waals surface area contributed by atoms with E-state index in [0.29, 0.717) is 10.6 Å². The number of carboxylic acid groups (broad SMARTS) is 1. The number of fused-ring (bicyclic) bond motifs is 1. The molecule has 0 radical (unpaired) electrons. The Hall–Kier alpha value is -2.57. The maximum Gasteiger partial charge on any atom is 0.347 e. The smallest absolute Gasteiger partial charge is 0.347 e. The number of aliphatic carboxylic acids is 1. The number of benzene rings is 2. The summed E-state index contributed by atoms with van der Waals surface area (Å²) in [5, 5.41) is 10.4. The van der Waals surface area contributed by atoms with Crippen molar-refractivity contribution in [3.63, 3.8) is 0 Å². The first kappa shape index (κ1) is 22.1. The van der Waals surface area contributed by atoms with Crippen molar-refractivity contribution in [2.45, 2.75) is 38.2 Å². The molecule has 2 aromatic carbocycles. The third kappa shape index (κ3) is 4.77. The second-order valence-corrected chi connectivity index (χ2v) is 9.58. The highest BCUT2D eigenvalue weighted by atomic mass is 32.2. The zero-order chi connectivity index (χ0) is 22.1. The van der Waals surface area contributed by atoms with E-state index in [-0.39, 0.29) is 5.78 Å². The van der Waals surface area contributed by atoms with Crippen LogP contribution in [0, 0.1) is 13.8 Å². The van der Waals surface area contributed by atoms with Gasteiger partial charge in [0.15, 0.2) is 11.4 Å². The zero-order valence-electron chi connectivity index (χ0n) is 17.6. The molecular formula is C24H24O4S2. The van der Waals surface area contributed by atoms with Crippen LogP contribution in [-0.2, 0) is 4.79 Å². The summed E-state index contributed by atoms with van der Waals surface area (Å²) in [5.74, 6) is -0.506. The summed E-state index contributed by atoms with van der Waals surface area (Å²) in [6, 6.07) is 11.9. The number of ether oxygens (including phenoxy) is 1. The van der Waals surface area contributed by atoms with Crippen LogP contribution in [0.5, 0.6) is 5.75 Å². The van der Waals surface area contributed by atoms with E-state index >= 15 is 0 Å². The lowest BCUT2D eigenvalue weighted by Gasteiger charge is -2.24. The van der Waals surface area contributed by atoms with Gasteiger partial charge < -0.3 is 9.84 Å². The van der Waals surface area contributed by atoms with Gasteiger partial charge in [-0.1, -0.05) is 12.1 Å². The van der Waals surface area contributed by atoms with E-state index in [1.807, 2.05) is 44.4 Å². The standard InChI is InChI=1S/C24H24O4S2/c1-14-10-16(11-15(2)22(14)28-24(3,4)23(26)27)6-9-19(25)21-12-17-7-8-18(29-5)13-20(17)30-21/h6-13H,1-5H3,(H,26,27). The fraction of sp³-hybridized carbons (Fsp3) is 0.250. The van der Waals surface area contributed by atoms with E-state index in [1.54, 1.807) is 23.9 Å². The Labute approximate surface area is 184 Å². The second kappa shape index (κ2) is 8.66. The third-order valence-electron chi connectivity index (χ3n) is 4.75. The summed E-state index contributed by atoms with van der Waals surface area (Å²) in [5.41, 5.74) is 1.19. The lowest BCUT2D eigenvalue weighted by molar-refractivity contribution is -0.152. The van der Waals surface area contributed by atoms with E-state index < -0.39 is 11.6 Å². The van der Waals surface area contributed by atoms with Gasteiger partial charge in [-0.25, -0.2) is 4.79 Å². The van der Waals surface area contributed by atoms with Crippen molar-refractivity contribution in [2.75, 3.05) is 6.26 Å². The Morgan fingerprint density at radius 3 is 2.37 bits per heavy atom. The number of hydrogen-bond acceptors (Lipinski definition) is 5. The Bertz CT molecular complexity index is 1130. The molecule has 30 heavy (non-hydrogen) atoms. The molecule has 0 aliphatic rings. The minimum absolute atomic E-state index is 0.0375. The van der Waals surface area contributed by atoms with Crippen LogP contribution in [0.1, 0.15) is 40.2 Å². The topological polar surface area (TPSA) is 63.6 Å². The molecule has 3 rings (SSSR count). The lowest BCUT2D eigenvalue weighted by atomic mass is 10.0. The van der Waals surface area contributed by atoms with Gasteiger partial charge in [-0.15, -0.1) is 23.1 Å². The molecule has 1 N–H and O–H groups in total. The number of ketones is 1. The number of carbonyl (C=O) groups excluding carboxylic acids is 1. The fourth-order valence-corrected chi connectivity index (χ4v) is 4.59. The molecule has 0 saturated heterocycles. The molecule has 0 spiro atoms. The molecule has 3 aromatic rings. The summed E-state index contributed by atoms with van der Waals surface area (Å²) in [7, 11) is 0. The highest BCUT2D eigenvalue weighted by molar-refractivity contribution is 7.98. The summed E-state index contributed by atoms with van der Waals surface area (Å²) in [4.78, 5) is 25.9. The molecule has 0 aliphatic carbocycles. The molecule has 1 heterocycles. The van der Waals surface area contributed by atoms with E-state index in [4.69, 9.17) is 4.74 Å². The Balaban J connectivity index is 1.82. The monoisotopic (exact) mass is 440 g/mol. The van der Waals surface area contributed by atoms with Crippen molar-refractivity contribution < 1.29 is 19.4 Å². The maximum atomic E-state index is 12.7. The van der Waals surface area contributed by atoms with Crippen molar-refractivity contribution >= 4 is 51.0 Å². The quantitative estimate of drug-likeness (QED) is 0.262. The van der Waals surface area contributed by atoms with Crippen molar-refractivity contribution in [1.29, 1.82) is 0 Å². The molecular weight excluding hydrogens is 416 g/mol. The molecule has 0 bridgehead atoms. The maximum absolute atomic E-state index is 12.7. The number of hydrogen-bond donors (Lipinski definition) is 1. The second-order valence-electron chi connectivity index (χ2n) is 7.61. The average Bonchev–Trinajstić information content (AvgIpc) is 3.12. The van der Waals surface area contributed by atoms with Crippen LogP contribution in [0.2, 0.25) is 0 Å². The van der Waals surface area contributed by atoms with Crippen LogP contribution >= 0.6 is 23.1 Å². The van der Waals surface area contributed by atoms with Gasteiger partial charge in [0.2, 0.25) is 0 Å². The lowest BCUT2D eigenvalue weighted by Crippen LogP contribution is -2.38. The van der Waals surface area contributed by atoms with Crippen molar-refractivity contribution in [3.8, 4) is 5.75 Å². The summed E-state index contributed by atoms with van der Waals surface area (Å²) in [6.45, 7) is 6.78. The summed E-state index contributed by atoms with van der Waals surface area (Å²) >= 11 is 3.18. The SMILES string of the molecule is CSc1ccc2cc(C(=O)C=Cc3cc(C)c(OC(C)(C)C(=O)O)c(C)c3)sc2c1. The Morgan fingerprint density at radius 1 is 1.10 bits per heavy atom. The van der Waals surface area contributed by atoms with Gasteiger partial charge in [-0.05, 0) is 92.4 Å². The predicted octanol–water partition coefficient (Wildman–Crippen LogP) is 6.38. The van der Waals surface area contributed by atoms with Gasteiger partial charge in [0.25, 0.3) is 0 Å². The third-order valence-corrected chi connectivity index (χ3v) is 6.59. The van der Waals surface area contributed by atoms with Crippen molar-refractivity contribution in [1.82, 2.24) is 0 Å². The number of aryl methyl sites for hydroxylation is 2. The molecule has 6 heteroatoms. The zero-order valence-corrected chi connectivity index (χ0v) is 19.2. The van der Waals surface area contributed by atoms with E-state index in [2.05, 4.69) is 12.1 Å². The Morgan fingerprint density at radius 2 is 1.77 bits per heavy atom. The normalized spacial score (nSPS) is 11.9. The minimum Gasteiger partial charge on any atom is -0.478 e. The minimum atomic E-state index is -1.32. The fourth-order valence-electron chi connectivity index (χ4n) is 3.05. The first-order valence-electron chi connectivity index (χ1n) is 9.44. The van der Waals surface area contributed by atoms with Crippen LogP contribution in [0.25, 0.3) is 16.2 Å². The highest BCUT2D eigenvalue weighted by Gasteiger charge is 2.30. The van der Waals surface area contributed by atoms with Gasteiger partial charge in [0, 0.05) is 9.60 Å². The number of thioether (sulfide) groups is 1. The summed E-state index contributed by atoms with van der Waals surface area (Å²) in [6.07, 6.45) is 5.40. The van der Waals surface area contributed by atoms with Crippen LogP contribution < -0.4 is 4.74 Å². The number of carbonyl (C=O) groups is 2. The largest absolute Gasteiger partial charge is 0.478 e. The van der Waals surface area contributed by atoms with Crippen LogP contribution in [0.3, 0.4) is 0 Å². The molecule has 4 nitrogen and oxygen atoms in total. The molecule has 0 aliphatic heterocycles. The number of allylic oxidation sites excluding steroid dienone is 1. The summed E-state index contributed by atoms with van der Waals surface area (Å²) < 4.78 is 6.84. The molecule has 0 fully saturated rings. The van der Waals surface area contributed by atoms with Gasteiger partial charge in [-0.2, -0.15) is 0 Å². The van der Waals surface area contributed by atoms with Gasteiger partial charge in [0.05, 0.1) is 4.88 Å². The van der Waals surface area contributed by atoms with Gasteiger partial charge in [0.1, 0.15) is 5.75 Å². The Kier molecular flexibility index (Phi) is 6.38. The number of carboxylic acids is 1. The van der Waals surface area contributed by atoms with Crippen molar-refractivity contribution in [3.05, 3.63) is 64.0 Å². The van der Waals surface area contributed by atoms with Gasteiger partial charge in [-0.3, -0.25) is 4.79 Å². The molecule has 0 unspecified atom stereocenters. The van der Waals surface area contributed by atoms with Crippen LogP contribution in [0.4, 0.5) is 0 Å². The molecule has 0 saturated carbocycles. The van der Waals surface area contributed by atoms with E-state index in [1.165, 1.54) is 30.1 Å². The first-order valence-corrected chi connectivity index (χ1v) is 11.5. The molecule has 0 atom stereocenters. The highest BCUT2D eigenvalue weighted by Crippen LogP contribution is 2.31. The number of thiophene rings is 1. The molecule has 156 valence electrons. The van der Waals surface area contributed by atoms with Gasteiger partial charge >= 0.3 is 5.97 Å². The van der Waals surface area contributed by atoms with Crippen LogP contribution in [0.15, 0.2) is 47.4 Å². The molecule has 1 aromatic heterocycles. The van der Waals surface area contributed by atoms with Crippen LogP contribution in [-0.4, -0.2) is 28.7 Å².